The van der Waals surface area contributed by atoms with E-state index >= 15 is 0 Å². The number of fused-ring (bicyclic) bond motifs is 1. The van der Waals surface area contributed by atoms with Gasteiger partial charge in [0.15, 0.2) is 0 Å². The van der Waals surface area contributed by atoms with Crippen molar-refractivity contribution < 1.29 is 19.2 Å². The van der Waals surface area contributed by atoms with Crippen LogP contribution in [0.5, 0.6) is 0 Å². The molecule has 0 fully saturated rings. The van der Waals surface area contributed by atoms with Crippen LogP contribution in [0.1, 0.15) is 19.4 Å². The van der Waals surface area contributed by atoms with Crippen LogP contribution in [-0.4, -0.2) is 30.8 Å². The second-order valence-electron chi connectivity index (χ2n) is 7.08. The zero-order valence-corrected chi connectivity index (χ0v) is 16.1. The number of hydrogen-bond donors (Lipinski definition) is 0. The molecular formula is C21H20N2O5. The number of hydrogen-bond acceptors (Lipinski definition) is 6. The number of benzene rings is 1. The molecule has 0 N–H and O–H groups in total. The van der Waals surface area contributed by atoms with Crippen molar-refractivity contribution in [3.8, 4) is 0 Å². The van der Waals surface area contributed by atoms with E-state index < -0.39 is 16.7 Å². The summed E-state index contributed by atoms with van der Waals surface area (Å²) in [5.41, 5.74) is 2.19. The first-order valence-corrected chi connectivity index (χ1v) is 8.65. The van der Waals surface area contributed by atoms with Gasteiger partial charge in [0.2, 0.25) is 5.78 Å². The van der Waals surface area contributed by atoms with Gasteiger partial charge in [0.1, 0.15) is 5.57 Å². The van der Waals surface area contributed by atoms with Crippen LogP contribution in [0.4, 0.5) is 5.69 Å². The molecule has 1 aromatic carbocycles. The number of methoxy groups -OCH3 is 1. The van der Waals surface area contributed by atoms with Crippen LogP contribution < -0.4 is 4.90 Å². The smallest absolute Gasteiger partial charge is 0.342 e. The molecule has 1 heterocycles. The van der Waals surface area contributed by atoms with Crippen molar-refractivity contribution in [3.63, 3.8) is 0 Å². The topological polar surface area (TPSA) is 89.8 Å². The maximum absolute atomic E-state index is 12.6. The molecule has 0 unspecified atom stereocenters. The fourth-order valence-corrected chi connectivity index (χ4v) is 3.60. The molecular weight excluding hydrogens is 360 g/mol. The van der Waals surface area contributed by atoms with Gasteiger partial charge in [0, 0.05) is 41.6 Å². The first-order chi connectivity index (χ1) is 13.2. The number of nitro groups is 1. The van der Waals surface area contributed by atoms with Crippen LogP contribution in [0.15, 0.2) is 71.1 Å². The van der Waals surface area contributed by atoms with E-state index in [2.05, 4.69) is 24.7 Å². The fraction of sp³-hybridized carbons (Fsp3) is 0.238. The Morgan fingerprint density at radius 1 is 1.21 bits per heavy atom. The first kappa shape index (κ1) is 19.3. The lowest BCUT2D eigenvalue weighted by Crippen LogP contribution is -2.23. The van der Waals surface area contributed by atoms with E-state index in [-0.39, 0.29) is 22.3 Å². The van der Waals surface area contributed by atoms with Gasteiger partial charge in [0.05, 0.1) is 12.0 Å². The molecule has 7 nitrogen and oxygen atoms in total. The number of nitrogens with zero attached hydrogens (tertiary/aromatic N) is 2. The number of allylic oxidation sites excluding steroid dienone is 6. The summed E-state index contributed by atoms with van der Waals surface area (Å²) in [6, 6.07) is 7.99. The third kappa shape index (κ3) is 3.05. The summed E-state index contributed by atoms with van der Waals surface area (Å²) in [6.45, 7) is 4.14. The number of carbonyl (C=O) groups excluding carboxylic acids is 2. The quantitative estimate of drug-likeness (QED) is 0.263. The van der Waals surface area contributed by atoms with Gasteiger partial charge < -0.3 is 9.64 Å². The summed E-state index contributed by atoms with van der Waals surface area (Å²) in [7, 11) is 3.05. The van der Waals surface area contributed by atoms with Crippen molar-refractivity contribution in [2.24, 2.45) is 0 Å². The number of anilines is 1. The Morgan fingerprint density at radius 3 is 2.50 bits per heavy atom. The number of para-hydroxylation sites is 1. The molecule has 0 saturated carbocycles. The van der Waals surface area contributed by atoms with Crippen molar-refractivity contribution in [2.45, 2.75) is 19.3 Å². The normalized spacial score (nSPS) is 20.7. The standard InChI is InChI=1S/C21H20N2O5/c1-21(2)16-7-5-6-8-17(16)22(3)18(21)10-9-13-11-14(23(26)27)12-15(19(13)24)20(25)28-4/h5-12H,1-4H3/b13-9+,18-10+. The average Bonchev–Trinajstić information content (AvgIpc) is 2.86. The first-order valence-electron chi connectivity index (χ1n) is 8.65. The number of ether oxygens (including phenoxy) is 1. The van der Waals surface area contributed by atoms with Crippen LogP contribution in [0.25, 0.3) is 0 Å². The van der Waals surface area contributed by atoms with E-state index in [1.54, 1.807) is 6.08 Å². The monoisotopic (exact) mass is 380 g/mol. The molecule has 0 amide bonds. The molecule has 7 heteroatoms. The van der Waals surface area contributed by atoms with Gasteiger partial charge in [-0.1, -0.05) is 32.0 Å². The molecule has 0 saturated heterocycles. The van der Waals surface area contributed by atoms with E-state index in [0.717, 1.165) is 30.1 Å². The third-order valence-electron chi connectivity index (χ3n) is 5.08. The van der Waals surface area contributed by atoms with E-state index in [9.17, 15) is 19.7 Å². The molecule has 0 radical (unpaired) electrons. The Morgan fingerprint density at radius 2 is 1.89 bits per heavy atom. The summed E-state index contributed by atoms with van der Waals surface area (Å²) < 4.78 is 4.58. The molecule has 28 heavy (non-hydrogen) atoms. The Labute approximate surface area is 162 Å². The number of likely N-dealkylation sites (N-methyl/N-ethyl adjacent to an activating group) is 1. The van der Waals surface area contributed by atoms with Crippen LogP contribution in [0.3, 0.4) is 0 Å². The number of Topliss-reactive ketones (excluding diaryl/α,β-unsaturated/α-hetero) is 1. The summed E-state index contributed by atoms with van der Waals surface area (Å²) in [6.07, 6.45) is 5.39. The summed E-state index contributed by atoms with van der Waals surface area (Å²) in [4.78, 5) is 37.0. The van der Waals surface area contributed by atoms with Crippen LogP contribution in [-0.2, 0) is 19.7 Å². The van der Waals surface area contributed by atoms with Crippen molar-refractivity contribution in [3.05, 3.63) is 86.8 Å². The Kier molecular flexibility index (Phi) is 4.77. The maximum atomic E-state index is 12.6. The minimum atomic E-state index is -0.901. The van der Waals surface area contributed by atoms with Gasteiger partial charge in [0.25, 0.3) is 5.70 Å². The van der Waals surface area contributed by atoms with E-state index in [0.29, 0.717) is 0 Å². The molecule has 2 aliphatic rings. The van der Waals surface area contributed by atoms with Gasteiger partial charge in [-0.2, -0.15) is 0 Å². The highest BCUT2D eigenvalue weighted by Crippen LogP contribution is 2.46. The highest BCUT2D eigenvalue weighted by atomic mass is 16.6. The lowest BCUT2D eigenvalue weighted by atomic mass is 9.83. The summed E-state index contributed by atoms with van der Waals surface area (Å²) in [5.74, 6) is -1.51. The minimum absolute atomic E-state index is 0.0576. The maximum Gasteiger partial charge on any atom is 0.342 e. The molecule has 144 valence electrons. The highest BCUT2D eigenvalue weighted by Gasteiger charge is 2.38. The molecule has 1 aliphatic carbocycles. The lowest BCUT2D eigenvalue weighted by Gasteiger charge is -2.23. The fourth-order valence-electron chi connectivity index (χ4n) is 3.60. The minimum Gasteiger partial charge on any atom is -0.465 e. The summed E-state index contributed by atoms with van der Waals surface area (Å²) in [5, 5.41) is 11.2. The van der Waals surface area contributed by atoms with E-state index in [4.69, 9.17) is 0 Å². The molecule has 1 aromatic rings. The SMILES string of the molecule is COC(=O)C1=CC([N+](=O)[O-])=C/C(=C\C=C2\N(C)c3ccccc3C2(C)C)C1=O. The Balaban J connectivity index is 2.06. The number of ketones is 1. The second-order valence-corrected chi connectivity index (χ2v) is 7.08. The average molecular weight is 380 g/mol. The van der Waals surface area contributed by atoms with Crippen molar-refractivity contribution in [1.82, 2.24) is 0 Å². The predicted octanol–water partition coefficient (Wildman–Crippen LogP) is 3.07. The van der Waals surface area contributed by atoms with Gasteiger partial charge in [-0.15, -0.1) is 0 Å². The zero-order chi connectivity index (χ0) is 20.6. The van der Waals surface area contributed by atoms with Crippen LogP contribution in [0, 0.1) is 10.1 Å². The zero-order valence-electron chi connectivity index (χ0n) is 16.1. The van der Waals surface area contributed by atoms with Crippen molar-refractivity contribution in [1.29, 1.82) is 0 Å². The van der Waals surface area contributed by atoms with Crippen LogP contribution >= 0.6 is 0 Å². The molecule has 0 atom stereocenters. The largest absolute Gasteiger partial charge is 0.465 e. The van der Waals surface area contributed by atoms with E-state index in [1.165, 1.54) is 12.2 Å². The molecule has 0 aromatic heterocycles. The number of carbonyl (C=O) groups is 2. The van der Waals surface area contributed by atoms with Crippen molar-refractivity contribution in [2.75, 3.05) is 19.1 Å². The van der Waals surface area contributed by atoms with Gasteiger partial charge in [-0.25, -0.2) is 4.79 Å². The Bertz CT molecular complexity index is 1010. The van der Waals surface area contributed by atoms with Gasteiger partial charge >= 0.3 is 5.97 Å². The van der Waals surface area contributed by atoms with Crippen LogP contribution in [0.2, 0.25) is 0 Å². The number of rotatable bonds is 3. The Hall–Kier alpha value is -3.48. The molecule has 0 spiro atoms. The third-order valence-corrected chi connectivity index (χ3v) is 5.08. The second kappa shape index (κ2) is 6.92. The molecule has 0 bridgehead atoms. The number of esters is 1. The summed E-state index contributed by atoms with van der Waals surface area (Å²) >= 11 is 0. The van der Waals surface area contributed by atoms with E-state index in [1.807, 2.05) is 30.1 Å². The lowest BCUT2D eigenvalue weighted by molar-refractivity contribution is -0.419. The molecule has 3 rings (SSSR count). The van der Waals surface area contributed by atoms with Gasteiger partial charge in [-0.05, 0) is 23.8 Å². The van der Waals surface area contributed by atoms with Gasteiger partial charge in [-0.3, -0.25) is 14.9 Å². The highest BCUT2D eigenvalue weighted by molar-refractivity contribution is 6.26. The predicted molar refractivity (Wildman–Crippen MR) is 104 cm³/mol. The van der Waals surface area contributed by atoms with Crippen molar-refractivity contribution >= 4 is 17.4 Å². The molecule has 1 aliphatic heterocycles.